The number of methoxy groups -OCH3 is 2. The third kappa shape index (κ3) is 5.23. The van der Waals surface area contributed by atoms with E-state index < -0.39 is 30.9 Å². The molecule has 37 heavy (non-hydrogen) atoms. The molecule has 1 aromatic carbocycles. The van der Waals surface area contributed by atoms with Gasteiger partial charge in [0, 0.05) is 11.6 Å². The van der Waals surface area contributed by atoms with E-state index in [2.05, 4.69) is 20.6 Å². The summed E-state index contributed by atoms with van der Waals surface area (Å²) < 4.78 is 23.0. The lowest BCUT2D eigenvalue weighted by atomic mass is 10.0. The molecule has 0 aliphatic heterocycles. The molecule has 4 aromatic rings. The van der Waals surface area contributed by atoms with Gasteiger partial charge in [-0.25, -0.2) is 4.79 Å². The van der Waals surface area contributed by atoms with Crippen molar-refractivity contribution < 1.29 is 33.6 Å². The number of aliphatic hydroxyl groups is 2. The average Bonchev–Trinajstić information content (AvgIpc) is 3.55. The van der Waals surface area contributed by atoms with E-state index >= 15 is 0 Å². The van der Waals surface area contributed by atoms with E-state index in [9.17, 15) is 19.8 Å². The van der Waals surface area contributed by atoms with Crippen molar-refractivity contribution in [1.29, 1.82) is 0 Å². The maximum Gasteiger partial charge on any atom is 0.379 e. The molecule has 0 atom stereocenters. The smallest absolute Gasteiger partial charge is 0.379 e. The highest BCUT2D eigenvalue weighted by atomic mass is 32.1. The number of benzene rings is 1. The molecule has 0 fully saturated rings. The number of hydrogen-bond donors (Lipinski definition) is 4. The van der Waals surface area contributed by atoms with Crippen LogP contribution >= 0.6 is 11.3 Å². The minimum atomic E-state index is -1.13. The molecule has 3 aromatic heterocycles. The number of nitrogen functional groups attached to an aromatic ring is 1. The van der Waals surface area contributed by atoms with Crippen LogP contribution in [-0.4, -0.2) is 69.6 Å². The molecule has 0 unspecified atom stereocenters. The summed E-state index contributed by atoms with van der Waals surface area (Å²) in [6.45, 7) is -1.17. The molecule has 15 heteroatoms. The van der Waals surface area contributed by atoms with Crippen molar-refractivity contribution >= 4 is 28.2 Å². The molecule has 0 aliphatic carbocycles. The van der Waals surface area contributed by atoms with E-state index in [0.29, 0.717) is 22.4 Å². The number of amides is 1. The first-order chi connectivity index (χ1) is 17.9. The van der Waals surface area contributed by atoms with Gasteiger partial charge < -0.3 is 34.6 Å². The van der Waals surface area contributed by atoms with Gasteiger partial charge in [0.2, 0.25) is 16.0 Å². The summed E-state index contributed by atoms with van der Waals surface area (Å²) in [6.07, 6.45) is 0.357. The fourth-order valence-electron chi connectivity index (χ4n) is 3.29. The molecule has 0 radical (unpaired) electrons. The normalized spacial score (nSPS) is 10.9. The van der Waals surface area contributed by atoms with Crippen LogP contribution in [0.15, 0.2) is 45.7 Å². The summed E-state index contributed by atoms with van der Waals surface area (Å²) >= 11 is 0.988. The molecular weight excluding hydrogens is 508 g/mol. The van der Waals surface area contributed by atoms with Crippen LogP contribution in [0.4, 0.5) is 10.9 Å². The van der Waals surface area contributed by atoms with Gasteiger partial charge in [-0.3, -0.25) is 10.1 Å². The quantitative estimate of drug-likeness (QED) is 0.227. The van der Waals surface area contributed by atoms with Crippen LogP contribution in [-0.2, 0) is 0 Å². The number of anilines is 2. The summed E-state index contributed by atoms with van der Waals surface area (Å²) in [5.41, 5.74) is 5.14. The maximum atomic E-state index is 13.0. The van der Waals surface area contributed by atoms with E-state index in [-0.39, 0.29) is 27.8 Å². The van der Waals surface area contributed by atoms with Gasteiger partial charge in [-0.2, -0.15) is 9.78 Å². The molecule has 194 valence electrons. The second-order valence-electron chi connectivity index (χ2n) is 7.30. The predicted octanol–water partition coefficient (Wildman–Crippen LogP) is 0.928. The second kappa shape index (κ2) is 11.1. The van der Waals surface area contributed by atoms with Crippen molar-refractivity contribution in [3.8, 4) is 33.5 Å². The lowest BCUT2D eigenvalue weighted by Crippen LogP contribution is -2.28. The zero-order valence-electron chi connectivity index (χ0n) is 19.6. The summed E-state index contributed by atoms with van der Waals surface area (Å²) in [5.74, 6) is -0.626. The van der Waals surface area contributed by atoms with E-state index in [1.165, 1.54) is 31.2 Å². The lowest BCUT2D eigenvalue weighted by Gasteiger charge is -2.19. The first kappa shape index (κ1) is 25.6. The minimum Gasteiger partial charge on any atom is -0.496 e. The molecular formula is C22H22N6O8S. The predicted molar refractivity (Wildman–Crippen MR) is 132 cm³/mol. The Morgan fingerprint density at radius 3 is 2.49 bits per heavy atom. The lowest BCUT2D eigenvalue weighted by molar-refractivity contribution is 0.0603. The molecule has 1 amide bonds. The number of nitrogens with two attached hydrogens (primary N) is 1. The fraction of sp³-hybridized carbons (Fsp3) is 0.227. The molecule has 0 saturated carbocycles. The fourth-order valence-corrected chi connectivity index (χ4v) is 4.01. The third-order valence-electron chi connectivity index (χ3n) is 5.01. The Morgan fingerprint density at radius 2 is 1.89 bits per heavy atom. The van der Waals surface area contributed by atoms with Crippen molar-refractivity contribution in [3.05, 3.63) is 52.7 Å². The first-order valence-electron chi connectivity index (χ1n) is 10.6. The molecule has 0 saturated heterocycles. The van der Waals surface area contributed by atoms with Crippen LogP contribution in [0.5, 0.6) is 17.2 Å². The number of carbonyl (C=O) groups excluding carboxylic acids is 1. The van der Waals surface area contributed by atoms with E-state index in [1.807, 2.05) is 0 Å². The van der Waals surface area contributed by atoms with Gasteiger partial charge in [0.1, 0.15) is 23.4 Å². The highest BCUT2D eigenvalue weighted by Crippen LogP contribution is 2.42. The minimum absolute atomic E-state index is 0.0740. The first-order valence-corrected chi connectivity index (χ1v) is 11.4. The Labute approximate surface area is 212 Å². The van der Waals surface area contributed by atoms with Crippen LogP contribution in [0.3, 0.4) is 0 Å². The summed E-state index contributed by atoms with van der Waals surface area (Å²) in [6, 6.07) is 7.74. The largest absolute Gasteiger partial charge is 0.496 e. The Morgan fingerprint density at radius 1 is 1.19 bits per heavy atom. The van der Waals surface area contributed by atoms with Crippen LogP contribution in [0.25, 0.3) is 16.3 Å². The Hall–Kier alpha value is -4.47. The van der Waals surface area contributed by atoms with Crippen LogP contribution in [0.2, 0.25) is 0 Å². The maximum absolute atomic E-state index is 13.0. The Kier molecular flexibility index (Phi) is 7.66. The van der Waals surface area contributed by atoms with E-state index in [4.69, 9.17) is 24.4 Å². The van der Waals surface area contributed by atoms with Gasteiger partial charge >= 0.3 is 5.63 Å². The number of nitrogens with zero attached hydrogens (tertiary/aromatic N) is 4. The molecule has 3 heterocycles. The van der Waals surface area contributed by atoms with Gasteiger partial charge in [-0.15, -0.1) is 10.2 Å². The molecule has 0 bridgehead atoms. The van der Waals surface area contributed by atoms with Gasteiger partial charge in [0.05, 0.1) is 39.2 Å². The third-order valence-corrected chi connectivity index (χ3v) is 5.82. The number of aromatic nitrogens is 4. The van der Waals surface area contributed by atoms with Crippen molar-refractivity contribution in [2.75, 3.05) is 38.5 Å². The number of carbonyl (C=O) groups is 1. The van der Waals surface area contributed by atoms with Crippen molar-refractivity contribution in [2.45, 2.75) is 6.10 Å². The Balaban J connectivity index is 1.77. The highest BCUT2D eigenvalue weighted by Gasteiger charge is 2.26. The number of hydrogen-bond acceptors (Lipinski definition) is 13. The number of nitrogens with one attached hydrogen (secondary N) is 1. The molecule has 14 nitrogen and oxygen atoms in total. The van der Waals surface area contributed by atoms with Gasteiger partial charge in [-0.05, 0) is 18.2 Å². The van der Waals surface area contributed by atoms with Crippen molar-refractivity contribution in [2.24, 2.45) is 0 Å². The topological polar surface area (TPSA) is 197 Å². The zero-order chi connectivity index (χ0) is 26.5. The summed E-state index contributed by atoms with van der Waals surface area (Å²) in [5, 5.41) is 33.7. The van der Waals surface area contributed by atoms with Gasteiger partial charge in [0.25, 0.3) is 5.91 Å². The average molecular weight is 531 g/mol. The van der Waals surface area contributed by atoms with Crippen LogP contribution < -0.4 is 30.9 Å². The van der Waals surface area contributed by atoms with Gasteiger partial charge in [0.15, 0.2) is 5.76 Å². The number of aliphatic hydroxyl groups excluding tert-OH is 2. The number of rotatable bonds is 10. The summed E-state index contributed by atoms with van der Waals surface area (Å²) in [7, 11) is 2.84. The second-order valence-corrected chi connectivity index (χ2v) is 8.25. The van der Waals surface area contributed by atoms with Crippen LogP contribution in [0.1, 0.15) is 10.6 Å². The van der Waals surface area contributed by atoms with Crippen molar-refractivity contribution in [3.63, 3.8) is 0 Å². The monoisotopic (exact) mass is 530 g/mol. The SMILES string of the molecule is COc1cccc(OC)c1-c1cc(C(=O)Nc2nnc(-n3nccc3N)s2)oc(=O)c1OC(CO)CO. The molecule has 0 aliphatic rings. The number of ether oxygens (including phenoxy) is 3. The Bertz CT molecular complexity index is 1440. The molecule has 4 rings (SSSR count). The standard InChI is InChI=1S/C22H22N6O8S/c1-33-13-4-3-5-14(34-2)17(13)12-8-15(36-20(32)18(12)35-11(9-29)10-30)19(31)25-21-26-27-22(37-21)28-16(23)6-7-24-28/h3-8,11,29-30H,9-10,23H2,1-2H3,(H,25,26,31). The summed E-state index contributed by atoms with van der Waals surface area (Å²) in [4.78, 5) is 26.0. The zero-order valence-corrected chi connectivity index (χ0v) is 20.4. The van der Waals surface area contributed by atoms with Crippen molar-refractivity contribution in [1.82, 2.24) is 20.0 Å². The van der Waals surface area contributed by atoms with Crippen LogP contribution in [0, 0.1) is 0 Å². The highest BCUT2D eigenvalue weighted by molar-refractivity contribution is 7.17. The van der Waals surface area contributed by atoms with E-state index in [1.54, 1.807) is 24.3 Å². The van der Waals surface area contributed by atoms with E-state index in [0.717, 1.165) is 11.3 Å². The molecule has 0 spiro atoms. The molecule has 5 N–H and O–H groups in total. The van der Waals surface area contributed by atoms with Gasteiger partial charge in [-0.1, -0.05) is 17.4 Å².